The summed E-state index contributed by atoms with van der Waals surface area (Å²) in [7, 11) is 0. The van der Waals surface area contributed by atoms with E-state index in [0.717, 1.165) is 0 Å². The van der Waals surface area contributed by atoms with Crippen molar-refractivity contribution in [3.63, 3.8) is 0 Å². The van der Waals surface area contributed by atoms with E-state index in [2.05, 4.69) is 16.0 Å². The van der Waals surface area contributed by atoms with Crippen molar-refractivity contribution in [2.45, 2.75) is 12.5 Å². The Labute approximate surface area is 121 Å². The number of nitrogens with two attached hydrogens (primary N) is 1. The molecule has 0 aliphatic carbocycles. The van der Waals surface area contributed by atoms with E-state index in [-0.39, 0.29) is 12.5 Å². The van der Waals surface area contributed by atoms with E-state index in [0.29, 0.717) is 26.2 Å². The number of urea groups is 1. The first-order chi connectivity index (χ1) is 9.90. The summed E-state index contributed by atoms with van der Waals surface area (Å²) < 4.78 is 0. The Balaban J connectivity index is 2.36. The molecule has 1 fully saturated rings. The normalized spacial score (nSPS) is 15.9. The second-order valence-corrected chi connectivity index (χ2v) is 4.52. The van der Waals surface area contributed by atoms with Gasteiger partial charge in [-0.25, -0.2) is 9.59 Å². The third kappa shape index (κ3) is 6.08. The highest BCUT2D eigenvalue weighted by atomic mass is 16.4. The van der Waals surface area contributed by atoms with Gasteiger partial charge >= 0.3 is 12.0 Å². The molecule has 6 N–H and O–H groups in total. The second kappa shape index (κ2) is 8.04. The van der Waals surface area contributed by atoms with Crippen molar-refractivity contribution in [2.75, 3.05) is 32.7 Å². The number of primary amides is 1. The largest absolute Gasteiger partial charge is 0.480 e. The number of nitrogens with one attached hydrogen (secondary N) is 3. The molecule has 1 rings (SSSR count). The van der Waals surface area contributed by atoms with E-state index in [1.54, 1.807) is 4.90 Å². The number of carbonyl (C=O) groups excluding carboxylic acids is 3. The van der Waals surface area contributed by atoms with Gasteiger partial charge in [-0.3, -0.25) is 9.59 Å². The summed E-state index contributed by atoms with van der Waals surface area (Å²) in [5.74, 6) is -2.48. The van der Waals surface area contributed by atoms with Crippen LogP contribution >= 0.6 is 0 Å². The maximum absolute atomic E-state index is 11.8. The number of amides is 4. The van der Waals surface area contributed by atoms with Crippen molar-refractivity contribution in [3.05, 3.63) is 0 Å². The Kier molecular flexibility index (Phi) is 6.40. The molecule has 10 heteroatoms. The van der Waals surface area contributed by atoms with Crippen LogP contribution in [0.1, 0.15) is 6.42 Å². The van der Waals surface area contributed by atoms with Crippen LogP contribution in [-0.2, 0) is 14.4 Å². The van der Waals surface area contributed by atoms with Gasteiger partial charge in [0.05, 0.1) is 13.0 Å². The first-order valence-corrected chi connectivity index (χ1v) is 6.44. The average molecular weight is 301 g/mol. The van der Waals surface area contributed by atoms with Crippen molar-refractivity contribution in [3.8, 4) is 0 Å². The molecule has 21 heavy (non-hydrogen) atoms. The van der Waals surface area contributed by atoms with Crippen molar-refractivity contribution < 1.29 is 24.3 Å². The number of piperazine rings is 1. The van der Waals surface area contributed by atoms with Crippen LogP contribution in [0.3, 0.4) is 0 Å². The zero-order valence-corrected chi connectivity index (χ0v) is 11.4. The molecule has 4 amide bonds. The number of carbonyl (C=O) groups is 4. The molecule has 10 nitrogen and oxygen atoms in total. The number of carboxylic acids is 1. The second-order valence-electron chi connectivity index (χ2n) is 4.52. The standard InChI is InChI=1S/C11H19N5O5/c12-8(17)5-7(10(19)20)15-11(21)14-6-9(18)16-3-1-13-2-4-16/h7,13H,1-6H2,(H2,12,17)(H,19,20)(H2,14,15,21)/t7-/m1/s1. The first-order valence-electron chi connectivity index (χ1n) is 6.44. The maximum Gasteiger partial charge on any atom is 0.326 e. The van der Waals surface area contributed by atoms with Crippen molar-refractivity contribution in [1.29, 1.82) is 0 Å². The van der Waals surface area contributed by atoms with Gasteiger partial charge < -0.3 is 31.7 Å². The van der Waals surface area contributed by atoms with Crippen LogP contribution < -0.4 is 21.7 Å². The van der Waals surface area contributed by atoms with Crippen molar-refractivity contribution in [1.82, 2.24) is 20.9 Å². The lowest BCUT2D eigenvalue weighted by molar-refractivity contribution is -0.140. The zero-order valence-electron chi connectivity index (χ0n) is 11.4. The third-order valence-electron chi connectivity index (χ3n) is 2.88. The lowest BCUT2D eigenvalue weighted by Crippen LogP contribution is -2.52. The maximum atomic E-state index is 11.8. The van der Waals surface area contributed by atoms with Crippen LogP contribution in [-0.4, -0.2) is 72.6 Å². The highest BCUT2D eigenvalue weighted by molar-refractivity contribution is 5.89. The zero-order chi connectivity index (χ0) is 15.8. The number of aliphatic carboxylic acids is 1. The van der Waals surface area contributed by atoms with Crippen molar-refractivity contribution >= 4 is 23.8 Å². The molecule has 0 aromatic rings. The van der Waals surface area contributed by atoms with Gasteiger partial charge in [-0.2, -0.15) is 0 Å². The fourth-order valence-corrected chi connectivity index (χ4v) is 1.79. The Hall–Kier alpha value is -2.36. The molecule has 1 aliphatic heterocycles. The summed E-state index contributed by atoms with van der Waals surface area (Å²) in [6.07, 6.45) is -0.519. The topological polar surface area (TPSA) is 154 Å². The fraction of sp³-hybridized carbons (Fsp3) is 0.636. The smallest absolute Gasteiger partial charge is 0.326 e. The van der Waals surface area contributed by atoms with Crippen LogP contribution in [0.15, 0.2) is 0 Å². The van der Waals surface area contributed by atoms with E-state index in [1.165, 1.54) is 0 Å². The molecule has 0 bridgehead atoms. The number of hydrogen-bond acceptors (Lipinski definition) is 5. The SMILES string of the molecule is NC(=O)C[C@@H](NC(=O)NCC(=O)N1CCNCC1)C(=O)O. The molecule has 0 aromatic carbocycles. The van der Waals surface area contributed by atoms with Crippen LogP contribution in [0.4, 0.5) is 4.79 Å². The van der Waals surface area contributed by atoms with Gasteiger partial charge in [0.15, 0.2) is 0 Å². The minimum absolute atomic E-state index is 0.241. The molecule has 1 saturated heterocycles. The average Bonchev–Trinajstić information content (AvgIpc) is 2.44. The molecule has 0 aromatic heterocycles. The van der Waals surface area contributed by atoms with Gasteiger partial charge in [-0.15, -0.1) is 0 Å². The Bertz CT molecular complexity index is 421. The first kappa shape index (κ1) is 16.7. The Morgan fingerprint density at radius 2 is 1.86 bits per heavy atom. The minimum Gasteiger partial charge on any atom is -0.480 e. The number of rotatable bonds is 6. The molecule has 1 heterocycles. The molecular formula is C11H19N5O5. The minimum atomic E-state index is -1.42. The van der Waals surface area contributed by atoms with Crippen LogP contribution in [0.2, 0.25) is 0 Å². The van der Waals surface area contributed by atoms with Crippen LogP contribution in [0.5, 0.6) is 0 Å². The number of hydrogen-bond donors (Lipinski definition) is 5. The summed E-state index contributed by atoms with van der Waals surface area (Å²) in [5, 5.41) is 16.2. The molecule has 0 unspecified atom stereocenters. The van der Waals surface area contributed by atoms with Gasteiger partial charge in [0.25, 0.3) is 0 Å². The summed E-state index contributed by atoms with van der Waals surface area (Å²) in [5.41, 5.74) is 4.89. The van der Waals surface area contributed by atoms with Crippen LogP contribution in [0.25, 0.3) is 0 Å². The molecule has 1 aliphatic rings. The highest BCUT2D eigenvalue weighted by Gasteiger charge is 2.23. The molecule has 0 spiro atoms. The lowest BCUT2D eigenvalue weighted by atomic mass is 10.2. The van der Waals surface area contributed by atoms with E-state index < -0.39 is 30.4 Å². The Morgan fingerprint density at radius 3 is 2.38 bits per heavy atom. The van der Waals surface area contributed by atoms with Gasteiger partial charge in [0, 0.05) is 26.2 Å². The van der Waals surface area contributed by atoms with Gasteiger partial charge in [-0.05, 0) is 0 Å². The quantitative estimate of drug-likeness (QED) is 0.353. The summed E-state index contributed by atoms with van der Waals surface area (Å²) in [6.45, 7) is 2.26. The van der Waals surface area contributed by atoms with Crippen molar-refractivity contribution in [2.24, 2.45) is 5.73 Å². The van der Waals surface area contributed by atoms with Crippen LogP contribution in [0, 0.1) is 0 Å². The molecular weight excluding hydrogens is 282 g/mol. The van der Waals surface area contributed by atoms with E-state index >= 15 is 0 Å². The molecule has 0 saturated carbocycles. The summed E-state index contributed by atoms with van der Waals surface area (Å²) in [4.78, 5) is 46.4. The molecule has 1 atom stereocenters. The van der Waals surface area contributed by atoms with E-state index in [9.17, 15) is 19.2 Å². The lowest BCUT2D eigenvalue weighted by Gasteiger charge is -2.27. The molecule has 0 radical (unpaired) electrons. The Morgan fingerprint density at radius 1 is 1.24 bits per heavy atom. The van der Waals surface area contributed by atoms with E-state index in [1.807, 2.05) is 0 Å². The predicted molar refractivity (Wildman–Crippen MR) is 71.2 cm³/mol. The summed E-state index contributed by atoms with van der Waals surface area (Å²) >= 11 is 0. The highest BCUT2D eigenvalue weighted by Crippen LogP contribution is 1.93. The van der Waals surface area contributed by atoms with Gasteiger partial charge in [-0.1, -0.05) is 0 Å². The monoisotopic (exact) mass is 301 g/mol. The summed E-state index contributed by atoms with van der Waals surface area (Å²) in [6, 6.07) is -2.26. The van der Waals surface area contributed by atoms with Gasteiger partial charge in [0.1, 0.15) is 6.04 Å². The van der Waals surface area contributed by atoms with E-state index in [4.69, 9.17) is 10.8 Å². The molecule has 118 valence electrons. The predicted octanol–water partition coefficient (Wildman–Crippen LogP) is -2.95. The third-order valence-corrected chi connectivity index (χ3v) is 2.88. The fourth-order valence-electron chi connectivity index (χ4n) is 1.79. The van der Waals surface area contributed by atoms with Gasteiger partial charge in [0.2, 0.25) is 11.8 Å². The number of carboxylic acid groups (broad SMARTS) is 1. The number of nitrogens with zero attached hydrogens (tertiary/aromatic N) is 1.